The molecule has 0 aliphatic carbocycles. The molecular formula is C23H23N3O4S. The zero-order chi connectivity index (χ0) is 21.8. The number of carbonyl (C=O) groups is 1. The van der Waals surface area contributed by atoms with Crippen LogP contribution in [-0.2, 0) is 10.0 Å². The fourth-order valence-corrected chi connectivity index (χ4v) is 5.25. The van der Waals surface area contributed by atoms with E-state index in [-0.39, 0.29) is 10.5 Å². The van der Waals surface area contributed by atoms with Crippen molar-refractivity contribution >= 4 is 32.9 Å². The van der Waals surface area contributed by atoms with Crippen molar-refractivity contribution in [3.8, 4) is 5.75 Å². The van der Waals surface area contributed by atoms with Crippen molar-refractivity contribution in [3.05, 3.63) is 71.8 Å². The standard InChI is InChI=1S/C23H23N3O4S/c1-30-22-12-11-17-7-2-3-10-20(17)21(22)16-24-25-23(27)18-8-6-9-19(15-18)31(28,29)26-13-4-5-14-26/h2-3,6-12,15-16H,4-5,13-14H2,1H3,(H,25,27)/b24-16-. The smallest absolute Gasteiger partial charge is 0.271 e. The van der Waals surface area contributed by atoms with Gasteiger partial charge in [0.15, 0.2) is 0 Å². The molecule has 3 aromatic carbocycles. The zero-order valence-electron chi connectivity index (χ0n) is 17.1. The molecular weight excluding hydrogens is 414 g/mol. The Morgan fingerprint density at radius 3 is 2.61 bits per heavy atom. The Balaban J connectivity index is 1.55. The van der Waals surface area contributed by atoms with E-state index in [1.165, 1.54) is 22.7 Å². The molecule has 1 aliphatic heterocycles. The van der Waals surface area contributed by atoms with Gasteiger partial charge in [0.25, 0.3) is 5.91 Å². The second-order valence-electron chi connectivity index (χ2n) is 7.24. The number of carbonyl (C=O) groups excluding carboxylic acids is 1. The number of nitrogens with one attached hydrogen (secondary N) is 1. The minimum atomic E-state index is -3.59. The first-order chi connectivity index (χ1) is 15.0. The Morgan fingerprint density at radius 1 is 1.06 bits per heavy atom. The minimum absolute atomic E-state index is 0.113. The number of hydrogen-bond acceptors (Lipinski definition) is 5. The molecule has 0 unspecified atom stereocenters. The predicted octanol–water partition coefficient (Wildman–Crippen LogP) is 3.40. The third-order valence-electron chi connectivity index (χ3n) is 5.31. The maximum atomic E-state index is 12.8. The fraction of sp³-hybridized carbons (Fsp3) is 0.217. The van der Waals surface area contributed by atoms with Gasteiger partial charge in [-0.05, 0) is 47.9 Å². The molecule has 0 spiro atoms. The second kappa shape index (κ2) is 8.87. The van der Waals surface area contributed by atoms with Gasteiger partial charge in [0.05, 0.1) is 18.2 Å². The molecule has 1 heterocycles. The molecule has 0 radical (unpaired) electrons. The number of hydrogen-bond donors (Lipinski definition) is 1. The van der Waals surface area contributed by atoms with Crippen LogP contribution >= 0.6 is 0 Å². The van der Waals surface area contributed by atoms with E-state index >= 15 is 0 Å². The lowest BCUT2D eigenvalue weighted by Crippen LogP contribution is -2.28. The first-order valence-electron chi connectivity index (χ1n) is 10.00. The van der Waals surface area contributed by atoms with E-state index in [0.29, 0.717) is 18.8 Å². The Labute approximate surface area is 181 Å². The molecule has 3 aromatic rings. The van der Waals surface area contributed by atoms with Crippen molar-refractivity contribution in [1.82, 2.24) is 9.73 Å². The van der Waals surface area contributed by atoms with Crippen LogP contribution in [0.2, 0.25) is 0 Å². The summed E-state index contributed by atoms with van der Waals surface area (Å²) in [5.74, 6) is 0.143. The molecule has 31 heavy (non-hydrogen) atoms. The molecule has 1 saturated heterocycles. The minimum Gasteiger partial charge on any atom is -0.496 e. The lowest BCUT2D eigenvalue weighted by molar-refractivity contribution is 0.0955. The maximum absolute atomic E-state index is 12.8. The van der Waals surface area contributed by atoms with E-state index in [9.17, 15) is 13.2 Å². The van der Waals surface area contributed by atoms with Crippen molar-refractivity contribution < 1.29 is 17.9 Å². The van der Waals surface area contributed by atoms with Gasteiger partial charge in [-0.2, -0.15) is 9.41 Å². The van der Waals surface area contributed by atoms with E-state index in [1.54, 1.807) is 19.2 Å². The molecule has 0 atom stereocenters. The highest BCUT2D eigenvalue weighted by Gasteiger charge is 2.27. The zero-order valence-corrected chi connectivity index (χ0v) is 17.9. The SMILES string of the molecule is COc1ccc2ccccc2c1/C=N\NC(=O)c1cccc(S(=O)(=O)N2CCCC2)c1. The van der Waals surface area contributed by atoms with Gasteiger partial charge in [-0.25, -0.2) is 13.8 Å². The van der Waals surface area contributed by atoms with Gasteiger partial charge in [0.1, 0.15) is 5.75 Å². The van der Waals surface area contributed by atoms with Gasteiger partial charge in [-0.15, -0.1) is 0 Å². The molecule has 160 valence electrons. The van der Waals surface area contributed by atoms with Crippen molar-refractivity contribution in [2.75, 3.05) is 20.2 Å². The molecule has 7 nitrogen and oxygen atoms in total. The molecule has 0 saturated carbocycles. The number of amides is 1. The number of fused-ring (bicyclic) bond motifs is 1. The van der Waals surface area contributed by atoms with Crippen LogP contribution in [0.3, 0.4) is 0 Å². The lowest BCUT2D eigenvalue weighted by Gasteiger charge is -2.15. The fourth-order valence-electron chi connectivity index (χ4n) is 3.68. The van der Waals surface area contributed by atoms with Gasteiger partial charge in [0.2, 0.25) is 10.0 Å². The lowest BCUT2D eigenvalue weighted by atomic mass is 10.0. The number of hydrazone groups is 1. The number of nitrogens with zero attached hydrogens (tertiary/aromatic N) is 2. The summed E-state index contributed by atoms with van der Waals surface area (Å²) in [7, 11) is -2.02. The summed E-state index contributed by atoms with van der Waals surface area (Å²) < 4.78 is 32.4. The van der Waals surface area contributed by atoms with Crippen LogP contribution in [0.5, 0.6) is 5.75 Å². The summed E-state index contributed by atoms with van der Waals surface area (Å²) >= 11 is 0. The van der Waals surface area contributed by atoms with Crippen molar-refractivity contribution in [2.24, 2.45) is 5.10 Å². The number of ether oxygens (including phenoxy) is 1. The summed E-state index contributed by atoms with van der Waals surface area (Å²) in [4.78, 5) is 12.7. The van der Waals surface area contributed by atoms with Crippen molar-refractivity contribution in [3.63, 3.8) is 0 Å². The average Bonchev–Trinajstić information content (AvgIpc) is 3.35. The molecule has 1 aliphatic rings. The molecule has 1 amide bonds. The molecule has 1 fully saturated rings. The second-order valence-corrected chi connectivity index (χ2v) is 9.18. The number of sulfonamides is 1. The van der Waals surface area contributed by atoms with Crippen LogP contribution in [0, 0.1) is 0 Å². The Bertz CT molecular complexity index is 1250. The first-order valence-corrected chi connectivity index (χ1v) is 11.4. The quantitative estimate of drug-likeness (QED) is 0.473. The van der Waals surface area contributed by atoms with Crippen molar-refractivity contribution in [1.29, 1.82) is 0 Å². The summed E-state index contributed by atoms with van der Waals surface area (Å²) in [6, 6.07) is 17.6. The van der Waals surface area contributed by atoms with Crippen LogP contribution in [0.25, 0.3) is 10.8 Å². The third-order valence-corrected chi connectivity index (χ3v) is 7.20. The highest BCUT2D eigenvalue weighted by Crippen LogP contribution is 2.26. The summed E-state index contributed by atoms with van der Waals surface area (Å²) in [5, 5.41) is 6.05. The van der Waals surface area contributed by atoms with Crippen LogP contribution in [0.15, 0.2) is 70.7 Å². The Hall–Kier alpha value is -3.23. The molecule has 1 N–H and O–H groups in total. The molecule has 0 bridgehead atoms. The molecule has 0 aromatic heterocycles. The average molecular weight is 438 g/mol. The van der Waals surface area contributed by atoms with Crippen LogP contribution < -0.4 is 10.2 Å². The highest BCUT2D eigenvalue weighted by molar-refractivity contribution is 7.89. The summed E-state index contributed by atoms with van der Waals surface area (Å²) in [5.41, 5.74) is 3.44. The van der Waals surface area contributed by atoms with Crippen LogP contribution in [-0.4, -0.2) is 45.0 Å². The largest absolute Gasteiger partial charge is 0.496 e. The number of benzene rings is 3. The van der Waals surface area contributed by atoms with E-state index < -0.39 is 15.9 Å². The monoisotopic (exact) mass is 437 g/mol. The summed E-state index contributed by atoms with van der Waals surface area (Å²) in [6.07, 6.45) is 3.24. The maximum Gasteiger partial charge on any atom is 0.271 e. The summed E-state index contributed by atoms with van der Waals surface area (Å²) in [6.45, 7) is 1.02. The van der Waals surface area contributed by atoms with Crippen LogP contribution in [0.4, 0.5) is 0 Å². The number of rotatable bonds is 6. The topological polar surface area (TPSA) is 88.1 Å². The van der Waals surface area contributed by atoms with Gasteiger partial charge >= 0.3 is 0 Å². The van der Waals surface area contributed by atoms with Gasteiger partial charge < -0.3 is 4.74 Å². The van der Waals surface area contributed by atoms with Crippen molar-refractivity contribution in [2.45, 2.75) is 17.7 Å². The molecule has 8 heteroatoms. The Kier molecular flexibility index (Phi) is 6.01. The van der Waals surface area contributed by atoms with E-state index in [4.69, 9.17) is 4.74 Å². The van der Waals surface area contributed by atoms with Gasteiger partial charge in [-0.3, -0.25) is 4.79 Å². The van der Waals surface area contributed by atoms with Gasteiger partial charge in [0, 0.05) is 24.2 Å². The van der Waals surface area contributed by atoms with E-state index in [1.807, 2.05) is 36.4 Å². The highest BCUT2D eigenvalue weighted by atomic mass is 32.2. The van der Waals surface area contributed by atoms with E-state index in [0.717, 1.165) is 29.2 Å². The third kappa shape index (κ3) is 4.30. The predicted molar refractivity (Wildman–Crippen MR) is 120 cm³/mol. The number of methoxy groups -OCH3 is 1. The molecule has 4 rings (SSSR count). The normalized spacial score (nSPS) is 14.9. The Morgan fingerprint density at radius 2 is 1.84 bits per heavy atom. The van der Waals surface area contributed by atoms with Gasteiger partial charge in [-0.1, -0.05) is 36.4 Å². The van der Waals surface area contributed by atoms with E-state index in [2.05, 4.69) is 10.5 Å². The van der Waals surface area contributed by atoms with Crippen LogP contribution in [0.1, 0.15) is 28.8 Å². The first kappa shape index (κ1) is 21.0.